The Balaban J connectivity index is 1.56. The molecule has 1 saturated heterocycles. The van der Waals surface area contributed by atoms with Crippen molar-refractivity contribution < 1.29 is 23.8 Å². The van der Waals surface area contributed by atoms with Gasteiger partial charge in [-0.1, -0.05) is 36.1 Å². The zero-order valence-electron chi connectivity index (χ0n) is 17.9. The average molecular weight is 495 g/mol. The van der Waals surface area contributed by atoms with Crippen molar-refractivity contribution in [3.05, 3.63) is 88.6 Å². The van der Waals surface area contributed by atoms with Crippen molar-refractivity contribution >= 4 is 57.6 Å². The highest BCUT2D eigenvalue weighted by atomic mass is 32.2. The average Bonchev–Trinajstić information content (AvgIpc) is 3.10. The number of aromatic hydroxyl groups is 1. The summed E-state index contributed by atoms with van der Waals surface area (Å²) in [6.07, 6.45) is 1.67. The molecule has 0 atom stereocenters. The van der Waals surface area contributed by atoms with Gasteiger partial charge < -0.3 is 15.2 Å². The molecule has 172 valence electrons. The number of halogens is 1. The predicted octanol–water partition coefficient (Wildman–Crippen LogP) is 5.59. The molecule has 0 unspecified atom stereocenters. The molecule has 2 amide bonds. The number of amides is 2. The molecule has 0 aliphatic carbocycles. The van der Waals surface area contributed by atoms with Gasteiger partial charge in [-0.25, -0.2) is 4.39 Å². The van der Waals surface area contributed by atoms with Crippen molar-refractivity contribution in [1.82, 2.24) is 0 Å². The smallest absolute Gasteiger partial charge is 0.270 e. The fraction of sp³-hybridized carbons (Fsp3) is 0.0800. The van der Waals surface area contributed by atoms with Crippen molar-refractivity contribution in [3.8, 4) is 11.5 Å². The van der Waals surface area contributed by atoms with E-state index in [4.69, 9.17) is 17.0 Å². The van der Waals surface area contributed by atoms with Crippen LogP contribution in [-0.4, -0.2) is 27.8 Å². The number of anilines is 2. The quantitative estimate of drug-likeness (QED) is 0.344. The Morgan fingerprint density at radius 1 is 1.18 bits per heavy atom. The minimum absolute atomic E-state index is 0.0160. The Hall–Kier alpha value is -3.69. The number of phenolic OH excluding ortho intramolecular Hbond substituents is 1. The fourth-order valence-corrected chi connectivity index (χ4v) is 4.56. The Bertz CT molecular complexity index is 1310. The van der Waals surface area contributed by atoms with E-state index in [-0.39, 0.29) is 11.7 Å². The molecule has 1 fully saturated rings. The topological polar surface area (TPSA) is 78.9 Å². The molecule has 2 N–H and O–H groups in total. The minimum atomic E-state index is -0.401. The van der Waals surface area contributed by atoms with E-state index in [1.807, 2.05) is 6.92 Å². The summed E-state index contributed by atoms with van der Waals surface area (Å²) in [6.45, 7) is 2.20. The SMILES string of the molecule is CCOc1cc(/C=C2/SC(=S)N(c3cccc(C(=O)Nc4ccc(F)cc4)c3)C2=O)ccc1O. The molecule has 4 rings (SSSR count). The molecule has 3 aromatic rings. The summed E-state index contributed by atoms with van der Waals surface area (Å²) < 4.78 is 18.8. The van der Waals surface area contributed by atoms with Gasteiger partial charge >= 0.3 is 0 Å². The Morgan fingerprint density at radius 3 is 2.68 bits per heavy atom. The second-order valence-electron chi connectivity index (χ2n) is 7.19. The first-order chi connectivity index (χ1) is 16.4. The normalized spacial score (nSPS) is 14.5. The number of carbonyl (C=O) groups excluding carboxylic acids is 2. The Kier molecular flexibility index (Phi) is 6.95. The second-order valence-corrected chi connectivity index (χ2v) is 8.86. The van der Waals surface area contributed by atoms with Gasteiger partial charge in [0, 0.05) is 11.3 Å². The van der Waals surface area contributed by atoms with Crippen molar-refractivity contribution in [3.63, 3.8) is 0 Å². The summed E-state index contributed by atoms with van der Waals surface area (Å²) in [5, 5.41) is 12.6. The lowest BCUT2D eigenvalue weighted by molar-refractivity contribution is -0.113. The van der Waals surface area contributed by atoms with Crippen LogP contribution >= 0.6 is 24.0 Å². The molecule has 1 heterocycles. The van der Waals surface area contributed by atoms with Gasteiger partial charge in [-0.15, -0.1) is 0 Å². The number of ether oxygens (including phenoxy) is 1. The molecular formula is C25H19FN2O4S2. The number of benzene rings is 3. The van der Waals surface area contributed by atoms with Crippen LogP contribution in [0.15, 0.2) is 71.6 Å². The third-order valence-corrected chi connectivity index (χ3v) is 6.15. The molecule has 6 nitrogen and oxygen atoms in total. The van der Waals surface area contributed by atoms with Gasteiger partial charge in [0.15, 0.2) is 15.8 Å². The number of rotatable bonds is 6. The number of nitrogens with one attached hydrogen (secondary N) is 1. The first-order valence-corrected chi connectivity index (χ1v) is 11.5. The van der Waals surface area contributed by atoms with Gasteiger partial charge in [0.25, 0.3) is 11.8 Å². The van der Waals surface area contributed by atoms with Crippen LogP contribution in [-0.2, 0) is 4.79 Å². The lowest BCUT2D eigenvalue weighted by Crippen LogP contribution is -2.27. The van der Waals surface area contributed by atoms with E-state index >= 15 is 0 Å². The van der Waals surface area contributed by atoms with E-state index in [9.17, 15) is 19.1 Å². The number of phenols is 1. The summed E-state index contributed by atoms with van der Waals surface area (Å²) in [7, 11) is 0. The van der Waals surface area contributed by atoms with Gasteiger partial charge in [-0.05, 0) is 73.2 Å². The van der Waals surface area contributed by atoms with E-state index in [0.29, 0.717) is 44.1 Å². The third kappa shape index (κ3) is 5.11. The molecule has 3 aromatic carbocycles. The van der Waals surface area contributed by atoms with Crippen LogP contribution in [0.3, 0.4) is 0 Å². The van der Waals surface area contributed by atoms with Crippen LogP contribution in [0.4, 0.5) is 15.8 Å². The lowest BCUT2D eigenvalue weighted by Gasteiger charge is -2.15. The van der Waals surface area contributed by atoms with Crippen LogP contribution in [0.1, 0.15) is 22.8 Å². The van der Waals surface area contributed by atoms with Crippen molar-refractivity contribution in [2.24, 2.45) is 0 Å². The molecule has 1 aliphatic heterocycles. The Labute approximate surface area is 205 Å². The molecule has 0 radical (unpaired) electrons. The predicted molar refractivity (Wildman–Crippen MR) is 136 cm³/mol. The van der Waals surface area contributed by atoms with Gasteiger partial charge in [0.2, 0.25) is 0 Å². The van der Waals surface area contributed by atoms with Gasteiger partial charge in [0.1, 0.15) is 5.82 Å². The first kappa shape index (κ1) is 23.5. The first-order valence-electron chi connectivity index (χ1n) is 10.3. The largest absolute Gasteiger partial charge is 0.504 e. The maximum Gasteiger partial charge on any atom is 0.270 e. The zero-order valence-corrected chi connectivity index (χ0v) is 19.6. The number of hydrogen-bond acceptors (Lipinski definition) is 6. The summed E-state index contributed by atoms with van der Waals surface area (Å²) >= 11 is 6.58. The number of carbonyl (C=O) groups is 2. The molecular weight excluding hydrogens is 475 g/mol. The highest BCUT2D eigenvalue weighted by molar-refractivity contribution is 8.27. The molecule has 0 saturated carbocycles. The van der Waals surface area contributed by atoms with Gasteiger partial charge in [-0.3, -0.25) is 14.5 Å². The van der Waals surface area contributed by atoms with Gasteiger partial charge in [0.05, 0.1) is 17.2 Å². The Morgan fingerprint density at radius 2 is 1.94 bits per heavy atom. The fourth-order valence-electron chi connectivity index (χ4n) is 3.26. The number of thiocarbonyl (C=S) groups is 1. The molecule has 0 aromatic heterocycles. The van der Waals surface area contributed by atoms with Crippen LogP contribution < -0.4 is 15.0 Å². The van der Waals surface area contributed by atoms with E-state index < -0.39 is 11.7 Å². The lowest BCUT2D eigenvalue weighted by atomic mass is 10.1. The minimum Gasteiger partial charge on any atom is -0.504 e. The van der Waals surface area contributed by atoms with E-state index in [1.54, 1.807) is 42.5 Å². The van der Waals surface area contributed by atoms with Gasteiger partial charge in [-0.2, -0.15) is 0 Å². The van der Waals surface area contributed by atoms with Crippen molar-refractivity contribution in [2.45, 2.75) is 6.92 Å². The van der Waals surface area contributed by atoms with Crippen molar-refractivity contribution in [2.75, 3.05) is 16.8 Å². The molecule has 0 bridgehead atoms. The van der Waals surface area contributed by atoms with Crippen LogP contribution in [0.5, 0.6) is 11.5 Å². The maximum atomic E-state index is 13.1. The van der Waals surface area contributed by atoms with Crippen LogP contribution in [0, 0.1) is 5.82 Å². The number of nitrogens with zero attached hydrogens (tertiary/aromatic N) is 1. The molecule has 0 spiro atoms. The highest BCUT2D eigenvalue weighted by Gasteiger charge is 2.33. The van der Waals surface area contributed by atoms with Crippen LogP contribution in [0.2, 0.25) is 0 Å². The van der Waals surface area contributed by atoms with Crippen molar-refractivity contribution in [1.29, 1.82) is 0 Å². The summed E-state index contributed by atoms with van der Waals surface area (Å²) in [5.74, 6) is -0.781. The molecule has 1 aliphatic rings. The maximum absolute atomic E-state index is 13.1. The monoisotopic (exact) mass is 494 g/mol. The van der Waals surface area contributed by atoms with Crippen LogP contribution in [0.25, 0.3) is 6.08 Å². The second kappa shape index (κ2) is 10.1. The summed E-state index contributed by atoms with van der Waals surface area (Å²) in [5.41, 5.74) is 1.90. The van der Waals surface area contributed by atoms with E-state index in [0.717, 1.165) is 11.8 Å². The van der Waals surface area contributed by atoms with E-state index in [2.05, 4.69) is 5.32 Å². The summed E-state index contributed by atoms with van der Waals surface area (Å²) in [4.78, 5) is 27.6. The number of thioether (sulfide) groups is 1. The highest BCUT2D eigenvalue weighted by Crippen LogP contribution is 2.37. The number of hydrogen-bond donors (Lipinski definition) is 2. The molecule has 34 heavy (non-hydrogen) atoms. The molecule has 9 heteroatoms. The standard InChI is InChI=1S/C25H19FN2O4S2/c1-2-32-21-12-15(6-11-20(21)29)13-22-24(31)28(25(33)34-22)19-5-3-4-16(14-19)23(30)27-18-9-7-17(26)8-10-18/h3-14,29H,2H2,1H3,(H,27,30)/b22-13+. The van der Waals surface area contributed by atoms with E-state index in [1.165, 1.54) is 35.2 Å². The zero-order chi connectivity index (χ0) is 24.2. The summed E-state index contributed by atoms with van der Waals surface area (Å²) in [6, 6.07) is 16.8. The third-order valence-electron chi connectivity index (χ3n) is 4.84.